The number of fused-ring (bicyclic) bond motifs is 1. The SMILES string of the molecule is Cc1ncc(C(=O)O)c2c1CCSC2. The van der Waals surface area contributed by atoms with Gasteiger partial charge in [-0.25, -0.2) is 4.79 Å². The van der Waals surface area contributed by atoms with E-state index in [1.54, 1.807) is 11.8 Å². The van der Waals surface area contributed by atoms with Gasteiger partial charge in [-0.1, -0.05) is 0 Å². The molecule has 1 aliphatic rings. The standard InChI is InChI=1S/C10H11NO2S/c1-6-7-2-3-14-5-9(7)8(4-11-6)10(12)13/h4H,2-3,5H2,1H3,(H,12,13). The molecule has 2 heterocycles. The van der Waals surface area contributed by atoms with Gasteiger partial charge in [-0.15, -0.1) is 0 Å². The van der Waals surface area contributed by atoms with Crippen LogP contribution < -0.4 is 0 Å². The number of thioether (sulfide) groups is 1. The lowest BCUT2D eigenvalue weighted by Crippen LogP contribution is -2.12. The highest BCUT2D eigenvalue weighted by Crippen LogP contribution is 2.28. The minimum Gasteiger partial charge on any atom is -0.478 e. The van der Waals surface area contributed by atoms with Crippen molar-refractivity contribution in [2.24, 2.45) is 0 Å². The van der Waals surface area contributed by atoms with Crippen LogP contribution in [0.15, 0.2) is 6.20 Å². The molecule has 0 unspecified atom stereocenters. The zero-order valence-corrected chi connectivity index (χ0v) is 8.73. The summed E-state index contributed by atoms with van der Waals surface area (Å²) in [5, 5.41) is 8.98. The Morgan fingerprint density at radius 1 is 1.57 bits per heavy atom. The fourth-order valence-corrected chi connectivity index (χ4v) is 2.75. The molecule has 2 rings (SSSR count). The van der Waals surface area contributed by atoms with Gasteiger partial charge in [0, 0.05) is 17.6 Å². The van der Waals surface area contributed by atoms with E-state index in [0.717, 1.165) is 34.7 Å². The van der Waals surface area contributed by atoms with E-state index in [-0.39, 0.29) is 0 Å². The first-order valence-corrected chi connectivity index (χ1v) is 5.64. The van der Waals surface area contributed by atoms with Gasteiger partial charge in [0.1, 0.15) is 0 Å². The van der Waals surface area contributed by atoms with Gasteiger partial charge in [-0.3, -0.25) is 4.98 Å². The number of aromatic nitrogens is 1. The first-order chi connectivity index (χ1) is 6.70. The highest BCUT2D eigenvalue weighted by atomic mass is 32.2. The van der Waals surface area contributed by atoms with Crippen molar-refractivity contribution in [2.75, 3.05) is 5.75 Å². The van der Waals surface area contributed by atoms with Gasteiger partial charge >= 0.3 is 5.97 Å². The zero-order chi connectivity index (χ0) is 10.1. The lowest BCUT2D eigenvalue weighted by atomic mass is 10.0. The monoisotopic (exact) mass is 209 g/mol. The first-order valence-electron chi connectivity index (χ1n) is 4.48. The van der Waals surface area contributed by atoms with Crippen molar-refractivity contribution in [3.05, 3.63) is 28.6 Å². The molecule has 0 saturated carbocycles. The van der Waals surface area contributed by atoms with Gasteiger partial charge in [0.15, 0.2) is 0 Å². The number of nitrogens with zero attached hydrogens (tertiary/aromatic N) is 1. The summed E-state index contributed by atoms with van der Waals surface area (Å²) >= 11 is 1.79. The molecule has 0 aliphatic carbocycles. The van der Waals surface area contributed by atoms with Crippen molar-refractivity contribution in [1.29, 1.82) is 0 Å². The average molecular weight is 209 g/mol. The Morgan fingerprint density at radius 3 is 3.07 bits per heavy atom. The van der Waals surface area contributed by atoms with Crippen molar-refractivity contribution < 1.29 is 9.90 Å². The smallest absolute Gasteiger partial charge is 0.337 e. The number of aromatic carboxylic acids is 1. The number of hydrogen-bond donors (Lipinski definition) is 1. The minimum atomic E-state index is -0.865. The van der Waals surface area contributed by atoms with Crippen LogP contribution in [0.1, 0.15) is 27.2 Å². The van der Waals surface area contributed by atoms with Crippen LogP contribution in [0, 0.1) is 6.92 Å². The molecule has 3 nitrogen and oxygen atoms in total. The summed E-state index contributed by atoms with van der Waals surface area (Å²) in [5.41, 5.74) is 3.47. The molecular formula is C10H11NO2S. The molecular weight excluding hydrogens is 198 g/mol. The molecule has 0 bridgehead atoms. The van der Waals surface area contributed by atoms with Gasteiger partial charge in [0.2, 0.25) is 0 Å². The van der Waals surface area contributed by atoms with E-state index in [1.165, 1.54) is 6.20 Å². The highest BCUT2D eigenvalue weighted by molar-refractivity contribution is 7.98. The molecule has 14 heavy (non-hydrogen) atoms. The lowest BCUT2D eigenvalue weighted by Gasteiger charge is -2.18. The molecule has 0 aromatic carbocycles. The second-order valence-corrected chi connectivity index (χ2v) is 4.43. The van der Waals surface area contributed by atoms with Gasteiger partial charge in [-0.05, 0) is 30.2 Å². The molecule has 0 spiro atoms. The molecule has 1 aliphatic heterocycles. The number of pyridine rings is 1. The summed E-state index contributed by atoms with van der Waals surface area (Å²) in [6, 6.07) is 0. The topological polar surface area (TPSA) is 50.2 Å². The van der Waals surface area contributed by atoms with Gasteiger partial charge in [0.25, 0.3) is 0 Å². The van der Waals surface area contributed by atoms with Crippen molar-refractivity contribution in [3.63, 3.8) is 0 Å². The Bertz CT molecular complexity index is 390. The number of aryl methyl sites for hydroxylation is 1. The lowest BCUT2D eigenvalue weighted by molar-refractivity contribution is 0.0695. The Morgan fingerprint density at radius 2 is 2.36 bits per heavy atom. The van der Waals surface area contributed by atoms with Crippen molar-refractivity contribution in [3.8, 4) is 0 Å². The molecule has 0 radical (unpaired) electrons. The Hall–Kier alpha value is -1.03. The maximum atomic E-state index is 10.9. The van der Waals surface area contributed by atoms with Gasteiger partial charge < -0.3 is 5.11 Å². The van der Waals surface area contributed by atoms with E-state index in [0.29, 0.717) is 5.56 Å². The van der Waals surface area contributed by atoms with E-state index in [4.69, 9.17) is 5.11 Å². The summed E-state index contributed by atoms with van der Waals surface area (Å²) in [6.45, 7) is 1.94. The summed E-state index contributed by atoms with van der Waals surface area (Å²) in [6.07, 6.45) is 2.42. The van der Waals surface area contributed by atoms with Crippen LogP contribution in [-0.2, 0) is 12.2 Å². The Kier molecular flexibility index (Phi) is 2.46. The fraction of sp³-hybridized carbons (Fsp3) is 0.400. The van der Waals surface area contributed by atoms with E-state index >= 15 is 0 Å². The minimum absolute atomic E-state index is 0.373. The molecule has 4 heteroatoms. The number of carboxylic acid groups (broad SMARTS) is 1. The number of carboxylic acids is 1. The number of hydrogen-bond acceptors (Lipinski definition) is 3. The molecule has 1 aromatic heterocycles. The molecule has 0 saturated heterocycles. The van der Waals surface area contributed by atoms with Gasteiger partial charge in [-0.2, -0.15) is 11.8 Å². The first kappa shape index (κ1) is 9.52. The highest BCUT2D eigenvalue weighted by Gasteiger charge is 2.19. The summed E-state index contributed by atoms with van der Waals surface area (Å²) in [4.78, 5) is 15.1. The van der Waals surface area contributed by atoms with E-state index in [9.17, 15) is 4.79 Å². The van der Waals surface area contributed by atoms with Crippen LogP contribution in [0.2, 0.25) is 0 Å². The van der Waals surface area contributed by atoms with Crippen LogP contribution in [0.4, 0.5) is 0 Å². The van der Waals surface area contributed by atoms with Crippen molar-refractivity contribution >= 4 is 17.7 Å². The molecule has 0 atom stereocenters. The largest absolute Gasteiger partial charge is 0.478 e. The van der Waals surface area contributed by atoms with Gasteiger partial charge in [0.05, 0.1) is 5.56 Å². The maximum Gasteiger partial charge on any atom is 0.337 e. The summed E-state index contributed by atoms with van der Waals surface area (Å²) in [5.74, 6) is 1.01. The van der Waals surface area contributed by atoms with Crippen LogP contribution in [-0.4, -0.2) is 21.8 Å². The molecule has 1 N–H and O–H groups in total. The quantitative estimate of drug-likeness (QED) is 0.767. The number of rotatable bonds is 1. The second kappa shape index (κ2) is 3.61. The van der Waals surface area contributed by atoms with Crippen LogP contribution in [0.3, 0.4) is 0 Å². The fourth-order valence-electron chi connectivity index (χ4n) is 1.73. The third-order valence-corrected chi connectivity index (χ3v) is 3.47. The van der Waals surface area contributed by atoms with Crippen LogP contribution >= 0.6 is 11.8 Å². The van der Waals surface area contributed by atoms with E-state index in [2.05, 4.69) is 4.98 Å². The maximum absolute atomic E-state index is 10.9. The third-order valence-electron chi connectivity index (χ3n) is 2.49. The van der Waals surface area contributed by atoms with Crippen molar-refractivity contribution in [2.45, 2.75) is 19.1 Å². The predicted octanol–water partition coefficient (Wildman–Crippen LogP) is 1.88. The molecule has 0 fully saturated rings. The Balaban J connectivity index is 2.59. The summed E-state index contributed by atoms with van der Waals surface area (Å²) in [7, 11) is 0. The van der Waals surface area contributed by atoms with E-state index < -0.39 is 5.97 Å². The predicted molar refractivity (Wildman–Crippen MR) is 55.8 cm³/mol. The van der Waals surface area contributed by atoms with Crippen LogP contribution in [0.5, 0.6) is 0 Å². The van der Waals surface area contributed by atoms with Crippen LogP contribution in [0.25, 0.3) is 0 Å². The third kappa shape index (κ3) is 1.50. The van der Waals surface area contributed by atoms with E-state index in [1.807, 2.05) is 6.92 Å². The average Bonchev–Trinajstić information content (AvgIpc) is 2.18. The zero-order valence-electron chi connectivity index (χ0n) is 7.91. The Labute approximate surface area is 86.5 Å². The molecule has 0 amide bonds. The van der Waals surface area contributed by atoms with Crippen molar-refractivity contribution in [1.82, 2.24) is 4.98 Å². The molecule has 74 valence electrons. The normalized spacial score (nSPS) is 14.9. The number of carbonyl (C=O) groups is 1. The second-order valence-electron chi connectivity index (χ2n) is 3.32. The summed E-state index contributed by atoms with van der Waals surface area (Å²) < 4.78 is 0. The molecule has 1 aromatic rings.